The zero-order valence-electron chi connectivity index (χ0n) is 11.8. The number of aliphatic hydroxyl groups is 1. The van der Waals surface area contributed by atoms with Crippen molar-refractivity contribution in [3.63, 3.8) is 0 Å². The van der Waals surface area contributed by atoms with Crippen LogP contribution in [0.2, 0.25) is 0 Å². The summed E-state index contributed by atoms with van der Waals surface area (Å²) >= 11 is 1.90. The van der Waals surface area contributed by atoms with Crippen molar-refractivity contribution in [3.8, 4) is 11.8 Å². The van der Waals surface area contributed by atoms with E-state index in [0.29, 0.717) is 11.6 Å². The highest BCUT2D eigenvalue weighted by Gasteiger charge is 2.25. The fraction of sp³-hybridized carbons (Fsp3) is 0.438. The maximum atomic E-state index is 12.6. The lowest BCUT2D eigenvalue weighted by atomic mass is 10.0. The molecule has 0 aliphatic carbocycles. The number of rotatable bonds is 2. The quantitative estimate of drug-likeness (QED) is 0.846. The summed E-state index contributed by atoms with van der Waals surface area (Å²) in [5.74, 6) is 7.67. The summed E-state index contributed by atoms with van der Waals surface area (Å²) in [6, 6.07) is 5.93. The van der Waals surface area contributed by atoms with E-state index in [1.165, 1.54) is 0 Å². The van der Waals surface area contributed by atoms with E-state index in [9.17, 15) is 4.79 Å². The van der Waals surface area contributed by atoms with Crippen LogP contribution in [0.3, 0.4) is 0 Å². The average molecular weight is 289 g/mol. The number of nitrogens with zero attached hydrogens (tertiary/aromatic N) is 1. The van der Waals surface area contributed by atoms with Gasteiger partial charge >= 0.3 is 0 Å². The molecule has 2 rings (SSSR count). The summed E-state index contributed by atoms with van der Waals surface area (Å²) in [6.07, 6.45) is 1.07. The first-order chi connectivity index (χ1) is 9.63. The average Bonchev–Trinajstić information content (AvgIpc) is 2.99. The lowest BCUT2D eigenvalue weighted by Gasteiger charge is -2.24. The van der Waals surface area contributed by atoms with E-state index in [1.54, 1.807) is 0 Å². The van der Waals surface area contributed by atoms with Gasteiger partial charge in [-0.15, -0.1) is 0 Å². The maximum Gasteiger partial charge on any atom is 0.254 e. The molecule has 0 aromatic heterocycles. The third kappa shape index (κ3) is 3.36. The largest absolute Gasteiger partial charge is 0.384 e. The van der Waals surface area contributed by atoms with Crippen molar-refractivity contribution in [1.82, 2.24) is 4.90 Å². The van der Waals surface area contributed by atoms with Gasteiger partial charge in [-0.2, -0.15) is 11.8 Å². The summed E-state index contributed by atoms with van der Waals surface area (Å²) in [4.78, 5) is 14.5. The second-order valence-corrected chi connectivity index (χ2v) is 6.07. The molecule has 0 spiro atoms. The third-order valence-electron chi connectivity index (χ3n) is 3.55. The van der Waals surface area contributed by atoms with Gasteiger partial charge in [-0.3, -0.25) is 4.79 Å². The number of thioether (sulfide) groups is 1. The van der Waals surface area contributed by atoms with Gasteiger partial charge in [0.1, 0.15) is 6.61 Å². The summed E-state index contributed by atoms with van der Waals surface area (Å²) in [7, 11) is 1.88. The molecule has 106 valence electrons. The molecule has 0 saturated carbocycles. The highest BCUT2D eigenvalue weighted by molar-refractivity contribution is 7.99. The third-order valence-corrected chi connectivity index (χ3v) is 4.70. The van der Waals surface area contributed by atoms with Crippen LogP contribution in [0.5, 0.6) is 0 Å². The first kappa shape index (κ1) is 15.0. The van der Waals surface area contributed by atoms with Crippen molar-refractivity contribution < 1.29 is 9.90 Å². The summed E-state index contributed by atoms with van der Waals surface area (Å²) < 4.78 is 0. The number of hydrogen-bond acceptors (Lipinski definition) is 3. The second-order valence-electron chi connectivity index (χ2n) is 4.92. The van der Waals surface area contributed by atoms with Gasteiger partial charge in [-0.25, -0.2) is 0 Å². The SMILES string of the molecule is Cc1ccc(C#CCO)cc1C(=O)N(C)C1CCSC1. The Hall–Kier alpha value is -1.44. The minimum atomic E-state index is -0.170. The first-order valence-electron chi connectivity index (χ1n) is 6.68. The number of amides is 1. The molecule has 1 heterocycles. The highest BCUT2D eigenvalue weighted by atomic mass is 32.2. The van der Waals surface area contributed by atoms with Gasteiger partial charge in [-0.05, 0) is 36.8 Å². The smallest absolute Gasteiger partial charge is 0.254 e. The van der Waals surface area contributed by atoms with Gasteiger partial charge in [0.15, 0.2) is 0 Å². The van der Waals surface area contributed by atoms with Crippen LogP contribution < -0.4 is 0 Å². The van der Waals surface area contributed by atoms with Crippen LogP contribution in [0.1, 0.15) is 27.9 Å². The van der Waals surface area contributed by atoms with Crippen molar-refractivity contribution in [2.24, 2.45) is 0 Å². The van der Waals surface area contributed by atoms with Gasteiger partial charge < -0.3 is 10.0 Å². The second kappa shape index (κ2) is 6.83. The summed E-state index contributed by atoms with van der Waals surface area (Å²) in [5.41, 5.74) is 2.43. The van der Waals surface area contributed by atoms with Gasteiger partial charge in [0.05, 0.1) is 0 Å². The molecule has 1 N–H and O–H groups in total. The molecule has 1 atom stereocenters. The molecule has 3 nitrogen and oxygen atoms in total. The molecule has 1 aliphatic heterocycles. The van der Waals surface area contributed by atoms with Crippen LogP contribution in [-0.2, 0) is 0 Å². The van der Waals surface area contributed by atoms with Crippen LogP contribution in [0.4, 0.5) is 0 Å². The predicted molar refractivity (Wildman–Crippen MR) is 83.0 cm³/mol. The van der Waals surface area contributed by atoms with Crippen LogP contribution in [0.25, 0.3) is 0 Å². The Bertz CT molecular complexity index is 553. The van der Waals surface area contributed by atoms with Crippen molar-refractivity contribution >= 4 is 17.7 Å². The van der Waals surface area contributed by atoms with Crippen molar-refractivity contribution in [2.75, 3.05) is 25.2 Å². The molecule has 1 unspecified atom stereocenters. The summed E-state index contributed by atoms with van der Waals surface area (Å²) in [6.45, 7) is 1.77. The molecule has 1 aromatic carbocycles. The fourth-order valence-corrected chi connectivity index (χ4v) is 3.52. The molecule has 1 aromatic rings. The number of carbonyl (C=O) groups excluding carboxylic acids is 1. The Balaban J connectivity index is 2.23. The van der Waals surface area contributed by atoms with Crippen LogP contribution in [-0.4, -0.2) is 47.1 Å². The monoisotopic (exact) mass is 289 g/mol. The summed E-state index contributed by atoms with van der Waals surface area (Å²) in [5, 5.41) is 8.74. The van der Waals surface area contributed by atoms with Crippen LogP contribution in [0, 0.1) is 18.8 Å². The van der Waals surface area contributed by atoms with E-state index in [4.69, 9.17) is 5.11 Å². The van der Waals surface area contributed by atoms with Gasteiger partial charge in [0.25, 0.3) is 5.91 Å². The van der Waals surface area contributed by atoms with Gasteiger partial charge in [-0.1, -0.05) is 17.9 Å². The molecule has 1 amide bonds. The molecular weight excluding hydrogens is 270 g/mol. The first-order valence-corrected chi connectivity index (χ1v) is 7.84. The Kier molecular flexibility index (Phi) is 5.11. The lowest BCUT2D eigenvalue weighted by Crippen LogP contribution is -2.37. The Morgan fingerprint density at radius 1 is 1.55 bits per heavy atom. The molecule has 20 heavy (non-hydrogen) atoms. The van der Waals surface area contributed by atoms with Crippen LogP contribution >= 0.6 is 11.8 Å². The standard InChI is InChI=1S/C16H19NO2S/c1-12-5-6-13(4-3-8-18)10-15(12)16(19)17(2)14-7-9-20-11-14/h5-6,10,14,18H,7-9,11H2,1-2H3. The highest BCUT2D eigenvalue weighted by Crippen LogP contribution is 2.23. The predicted octanol–water partition coefficient (Wildman–Crippen LogP) is 1.92. The van der Waals surface area contributed by atoms with E-state index < -0.39 is 0 Å². The number of hydrogen-bond donors (Lipinski definition) is 1. The normalized spacial score (nSPS) is 17.4. The van der Waals surface area contributed by atoms with E-state index >= 15 is 0 Å². The fourth-order valence-electron chi connectivity index (χ4n) is 2.26. The molecule has 4 heteroatoms. The Morgan fingerprint density at radius 2 is 2.35 bits per heavy atom. The van der Waals surface area contributed by atoms with E-state index in [1.807, 2.05) is 48.8 Å². The molecule has 0 radical (unpaired) electrons. The van der Waals surface area contributed by atoms with E-state index in [0.717, 1.165) is 29.1 Å². The zero-order chi connectivity index (χ0) is 14.5. The van der Waals surface area contributed by atoms with Crippen molar-refractivity contribution in [2.45, 2.75) is 19.4 Å². The Morgan fingerprint density at radius 3 is 3.00 bits per heavy atom. The Labute approximate surface area is 124 Å². The van der Waals surface area contributed by atoms with E-state index in [-0.39, 0.29) is 12.5 Å². The maximum absolute atomic E-state index is 12.6. The van der Waals surface area contributed by atoms with Crippen molar-refractivity contribution in [1.29, 1.82) is 0 Å². The zero-order valence-corrected chi connectivity index (χ0v) is 12.7. The number of benzene rings is 1. The minimum absolute atomic E-state index is 0.0580. The molecular formula is C16H19NO2S. The molecule has 1 saturated heterocycles. The topological polar surface area (TPSA) is 40.5 Å². The molecule has 1 fully saturated rings. The van der Waals surface area contributed by atoms with Gasteiger partial charge in [0, 0.05) is 30.0 Å². The lowest BCUT2D eigenvalue weighted by molar-refractivity contribution is 0.0747. The number of aliphatic hydroxyl groups excluding tert-OH is 1. The number of carbonyl (C=O) groups is 1. The van der Waals surface area contributed by atoms with Crippen molar-refractivity contribution in [3.05, 3.63) is 34.9 Å². The minimum Gasteiger partial charge on any atom is -0.384 e. The van der Waals surface area contributed by atoms with Gasteiger partial charge in [0.2, 0.25) is 0 Å². The molecule has 1 aliphatic rings. The molecule has 0 bridgehead atoms. The number of aryl methyl sites for hydroxylation is 1. The van der Waals surface area contributed by atoms with E-state index in [2.05, 4.69) is 11.8 Å². The van der Waals surface area contributed by atoms with Crippen LogP contribution in [0.15, 0.2) is 18.2 Å².